The summed E-state index contributed by atoms with van der Waals surface area (Å²) in [5.41, 5.74) is 9.54. The van der Waals surface area contributed by atoms with Crippen LogP contribution in [0.4, 0.5) is 5.69 Å². The third-order valence-electron chi connectivity index (χ3n) is 5.02. The van der Waals surface area contributed by atoms with Gasteiger partial charge in [-0.25, -0.2) is 9.57 Å². The summed E-state index contributed by atoms with van der Waals surface area (Å²) >= 11 is 0. The highest BCUT2D eigenvalue weighted by Crippen LogP contribution is 2.41. The Morgan fingerprint density at radius 1 is 0.941 bits per heavy atom. The minimum absolute atomic E-state index is 0.772. The molecule has 180 valence electrons. The summed E-state index contributed by atoms with van der Waals surface area (Å²) in [7, 11) is 11.1. The summed E-state index contributed by atoms with van der Waals surface area (Å²) in [5, 5.41) is 2.14. The predicted molar refractivity (Wildman–Crippen MR) is 145 cm³/mol. The molecule has 0 fully saturated rings. The van der Waals surface area contributed by atoms with Gasteiger partial charge in [0.05, 0.1) is 25.2 Å². The van der Waals surface area contributed by atoms with Crippen LogP contribution >= 0.6 is 0 Å². The van der Waals surface area contributed by atoms with Crippen molar-refractivity contribution in [3.05, 3.63) is 66.0 Å². The van der Waals surface area contributed by atoms with Gasteiger partial charge in [-0.2, -0.15) is 0 Å². The summed E-state index contributed by atoms with van der Waals surface area (Å²) in [6, 6.07) is 20.6. The van der Waals surface area contributed by atoms with Crippen LogP contribution < -0.4 is 20.4 Å². The number of nitrogens with zero attached hydrogens (tertiary/aromatic N) is 3. The zero-order valence-electron chi connectivity index (χ0n) is 21.6. The van der Waals surface area contributed by atoms with Crippen LogP contribution in [0.15, 0.2) is 70.1 Å². The molecule has 0 bridgehead atoms. The van der Waals surface area contributed by atoms with E-state index in [9.17, 15) is 0 Å². The predicted octanol–water partition coefficient (Wildman–Crippen LogP) is 5.07. The minimum atomic E-state index is 0.772. The van der Waals surface area contributed by atoms with E-state index in [2.05, 4.69) is 51.7 Å². The van der Waals surface area contributed by atoms with Crippen molar-refractivity contribution in [2.45, 2.75) is 13.8 Å². The quantitative estimate of drug-likeness (QED) is 0.199. The number of rotatable bonds is 4. The number of aliphatic imine (C=N–C) groups is 1. The Morgan fingerprint density at radius 2 is 1.62 bits per heavy atom. The fourth-order valence-corrected chi connectivity index (χ4v) is 3.47. The average molecular weight is 462 g/mol. The molecule has 2 aromatic rings. The second kappa shape index (κ2) is 12.6. The Kier molecular flexibility index (Phi) is 9.83. The van der Waals surface area contributed by atoms with Gasteiger partial charge in [-0.1, -0.05) is 26.0 Å². The highest BCUT2D eigenvalue weighted by Gasteiger charge is 2.18. The number of nitrogens with two attached hydrogens (primary N) is 1. The summed E-state index contributed by atoms with van der Waals surface area (Å²) in [6.07, 6.45) is 1.80. The van der Waals surface area contributed by atoms with Gasteiger partial charge in [0, 0.05) is 42.7 Å². The number of methoxy groups -OCH3 is 1. The molecule has 34 heavy (non-hydrogen) atoms. The van der Waals surface area contributed by atoms with Crippen molar-refractivity contribution in [2.75, 3.05) is 42.3 Å². The van der Waals surface area contributed by atoms with Crippen molar-refractivity contribution in [3.63, 3.8) is 0 Å². The standard InChI is InChI=1S/C25H26N3O2.C2H6.CH5N/c1-27(2)16-26-18-8-6-17(7-9-18)25-21-12-10-19(28(3)4)14-23(21)30-24-15-20(29-5)11-13-22(24)25;2*1-2/h6-16H,1-5H3;1-2H3;2H2,1H3/q+1;;. The minimum Gasteiger partial charge on any atom is -0.497 e. The van der Waals surface area contributed by atoms with E-state index < -0.39 is 0 Å². The van der Waals surface area contributed by atoms with E-state index in [4.69, 9.17) is 9.15 Å². The molecule has 0 aromatic heterocycles. The normalized spacial score (nSPS) is 10.4. The van der Waals surface area contributed by atoms with Gasteiger partial charge in [0.2, 0.25) is 5.36 Å². The van der Waals surface area contributed by atoms with E-state index in [1.54, 1.807) is 13.4 Å². The molecule has 6 heteroatoms. The van der Waals surface area contributed by atoms with Gasteiger partial charge in [-0.15, -0.1) is 0 Å². The Labute approximate surface area is 203 Å². The van der Waals surface area contributed by atoms with Crippen LogP contribution in [-0.2, 0) is 0 Å². The van der Waals surface area contributed by atoms with E-state index in [1.165, 1.54) is 7.05 Å². The van der Waals surface area contributed by atoms with Gasteiger partial charge in [-0.3, -0.25) is 0 Å². The van der Waals surface area contributed by atoms with Crippen molar-refractivity contribution in [1.29, 1.82) is 0 Å². The number of hydrogen-bond acceptors (Lipinski definition) is 4. The highest BCUT2D eigenvalue weighted by molar-refractivity contribution is 6.02. The van der Waals surface area contributed by atoms with Crippen LogP contribution in [0.2, 0.25) is 0 Å². The molecule has 0 unspecified atom stereocenters. The summed E-state index contributed by atoms with van der Waals surface area (Å²) < 4.78 is 13.8. The zero-order valence-corrected chi connectivity index (χ0v) is 21.6. The van der Waals surface area contributed by atoms with Crippen molar-refractivity contribution < 1.29 is 9.15 Å². The first-order valence-electron chi connectivity index (χ1n) is 11.4. The van der Waals surface area contributed by atoms with E-state index in [0.29, 0.717) is 0 Å². The van der Waals surface area contributed by atoms with E-state index in [-0.39, 0.29) is 0 Å². The van der Waals surface area contributed by atoms with Gasteiger partial charge in [0.15, 0.2) is 0 Å². The maximum Gasteiger partial charge on any atom is 0.203 e. The molecule has 6 nitrogen and oxygen atoms in total. The maximum atomic E-state index is 6.29. The second-order valence-corrected chi connectivity index (χ2v) is 7.67. The maximum absolute atomic E-state index is 6.29. The zero-order chi connectivity index (χ0) is 25.3. The number of hydrogen-bond donors (Lipinski definition) is 1. The van der Waals surface area contributed by atoms with Gasteiger partial charge in [-0.05, 0) is 42.9 Å². The van der Waals surface area contributed by atoms with Crippen molar-refractivity contribution in [2.24, 2.45) is 10.7 Å². The third-order valence-corrected chi connectivity index (χ3v) is 5.02. The third kappa shape index (κ3) is 6.02. The van der Waals surface area contributed by atoms with Gasteiger partial charge in [0.1, 0.15) is 31.2 Å². The number of benzene rings is 3. The molecule has 0 spiro atoms. The lowest BCUT2D eigenvalue weighted by Gasteiger charge is -2.15. The largest absolute Gasteiger partial charge is 0.497 e. The van der Waals surface area contributed by atoms with Crippen molar-refractivity contribution >= 4 is 23.0 Å². The van der Waals surface area contributed by atoms with Crippen LogP contribution in [0.3, 0.4) is 0 Å². The Hall–Kier alpha value is -3.64. The first kappa shape index (κ1) is 26.6. The van der Waals surface area contributed by atoms with Crippen LogP contribution in [0.5, 0.6) is 5.75 Å². The first-order valence-corrected chi connectivity index (χ1v) is 11.4. The average Bonchev–Trinajstić information content (AvgIpc) is 2.88. The van der Waals surface area contributed by atoms with Crippen LogP contribution in [0.25, 0.3) is 33.4 Å². The molecular formula is C28H37N4O2+. The van der Waals surface area contributed by atoms with Crippen molar-refractivity contribution in [3.8, 4) is 28.2 Å². The molecule has 2 N–H and O–H groups in total. The molecule has 1 aliphatic heterocycles. The summed E-state index contributed by atoms with van der Waals surface area (Å²) in [5.74, 6) is 1.61. The summed E-state index contributed by atoms with van der Waals surface area (Å²) in [4.78, 5) is 6.40. The Balaban J connectivity index is 0.000000970. The highest BCUT2D eigenvalue weighted by atomic mass is 16.5. The first-order chi connectivity index (χ1) is 16.5. The number of ether oxygens (including phenoxy) is 1. The SMILES string of the molecule is CC.CN.COc1ccc2c(-c3ccc(N=CN(C)C)cc3)c3ccc(=[N+](C)C)cc-3oc2c1. The topological polar surface area (TPSA) is 67.0 Å². The van der Waals surface area contributed by atoms with E-state index in [0.717, 1.165) is 50.2 Å². The van der Waals surface area contributed by atoms with Gasteiger partial charge >= 0.3 is 0 Å². The van der Waals surface area contributed by atoms with Gasteiger partial charge < -0.3 is 19.8 Å². The molecular weight excluding hydrogens is 424 g/mol. The molecule has 0 atom stereocenters. The second-order valence-electron chi connectivity index (χ2n) is 7.67. The molecule has 0 saturated heterocycles. The molecule has 2 aromatic carbocycles. The number of fused-ring (bicyclic) bond motifs is 2. The summed E-state index contributed by atoms with van der Waals surface area (Å²) in [6.45, 7) is 4.00. The Morgan fingerprint density at radius 3 is 2.21 bits per heavy atom. The molecule has 0 saturated carbocycles. The lowest BCUT2D eigenvalue weighted by atomic mass is 9.93. The van der Waals surface area contributed by atoms with Crippen LogP contribution in [0, 0.1) is 0 Å². The van der Waals surface area contributed by atoms with E-state index >= 15 is 0 Å². The lowest BCUT2D eigenvalue weighted by Crippen LogP contribution is -2.21. The molecule has 2 aliphatic rings. The van der Waals surface area contributed by atoms with Crippen molar-refractivity contribution in [1.82, 2.24) is 9.48 Å². The lowest BCUT2D eigenvalue weighted by molar-refractivity contribution is 0.414. The molecule has 4 rings (SSSR count). The molecule has 0 radical (unpaired) electrons. The van der Waals surface area contributed by atoms with Crippen LogP contribution in [-0.4, -0.2) is 53.6 Å². The fraction of sp³-hybridized carbons (Fsp3) is 0.286. The van der Waals surface area contributed by atoms with Crippen LogP contribution in [0.1, 0.15) is 13.8 Å². The molecule has 0 amide bonds. The van der Waals surface area contributed by atoms with E-state index in [1.807, 2.05) is 71.2 Å². The van der Waals surface area contributed by atoms with Gasteiger partial charge in [0.25, 0.3) is 0 Å². The molecule has 1 heterocycles. The fourth-order valence-electron chi connectivity index (χ4n) is 3.47. The molecule has 1 aliphatic carbocycles. The monoisotopic (exact) mass is 461 g/mol. The smallest absolute Gasteiger partial charge is 0.203 e. The Bertz CT molecular complexity index is 1270.